The molecule has 0 aliphatic heterocycles. The van der Waals surface area contributed by atoms with Crippen LogP contribution >= 0.6 is 0 Å². The fourth-order valence-electron chi connectivity index (χ4n) is 4.48. The van der Waals surface area contributed by atoms with E-state index in [9.17, 15) is 0 Å². The van der Waals surface area contributed by atoms with E-state index in [-0.39, 0.29) is 0 Å². The molecule has 0 heterocycles. The van der Waals surface area contributed by atoms with Gasteiger partial charge in [0.1, 0.15) is 0 Å². The van der Waals surface area contributed by atoms with Crippen molar-refractivity contribution in [2.24, 2.45) is 11.8 Å². The average Bonchev–Trinajstić information content (AvgIpc) is 2.83. The second-order valence-electron chi connectivity index (χ2n) is 8.49. The first-order valence-corrected chi connectivity index (χ1v) is 11.9. The van der Waals surface area contributed by atoms with Gasteiger partial charge in [-0.2, -0.15) is 0 Å². The summed E-state index contributed by atoms with van der Waals surface area (Å²) in [4.78, 5) is 0. The monoisotopic (exact) mass is 366 g/mol. The molecule has 0 amide bonds. The van der Waals surface area contributed by atoms with Gasteiger partial charge in [0.05, 0.1) is 0 Å². The number of fused-ring (bicyclic) bond motifs is 2. The first-order valence-electron chi connectivity index (χ1n) is 11.9. The lowest BCUT2D eigenvalue weighted by Gasteiger charge is -2.11. The molecular formula is C27H42. The molecule has 0 aromatic heterocycles. The van der Waals surface area contributed by atoms with Crippen LogP contribution in [0.4, 0.5) is 0 Å². The minimum Gasteiger partial charge on any atom is -0.0982 e. The van der Waals surface area contributed by atoms with Crippen molar-refractivity contribution in [1.29, 1.82) is 0 Å². The molecule has 27 heavy (non-hydrogen) atoms. The third-order valence-electron chi connectivity index (χ3n) is 6.15. The molecule has 0 spiro atoms. The number of unbranched alkanes of at least 4 members (excludes halogenated alkanes) is 11. The molecule has 2 unspecified atom stereocenters. The minimum atomic E-state index is 0.581. The van der Waals surface area contributed by atoms with Crippen molar-refractivity contribution in [2.45, 2.75) is 110 Å². The van der Waals surface area contributed by atoms with Gasteiger partial charge >= 0.3 is 0 Å². The van der Waals surface area contributed by atoms with Crippen molar-refractivity contribution < 1.29 is 0 Å². The van der Waals surface area contributed by atoms with Crippen molar-refractivity contribution in [2.75, 3.05) is 0 Å². The molecule has 0 saturated carbocycles. The Hall–Kier alpha value is -1.22. The standard InChI is InChI=1S/C27H42/c1-3-5-7-9-11-12-14-16-22-27-25-20-18-17-19-24(23-25)26(27)21-15-13-10-8-6-4-2/h17-20,24-25H,3-15,21,23H2,1-2H3. The van der Waals surface area contributed by atoms with E-state index in [0.717, 1.165) is 6.42 Å². The summed E-state index contributed by atoms with van der Waals surface area (Å²) in [5.41, 5.74) is 3.16. The second-order valence-corrected chi connectivity index (χ2v) is 8.49. The maximum absolute atomic E-state index is 3.64. The van der Waals surface area contributed by atoms with Gasteiger partial charge in [0, 0.05) is 23.8 Å². The summed E-state index contributed by atoms with van der Waals surface area (Å²) in [6, 6.07) is 0. The van der Waals surface area contributed by atoms with Crippen molar-refractivity contribution in [3.05, 3.63) is 35.5 Å². The molecule has 150 valence electrons. The van der Waals surface area contributed by atoms with Crippen LogP contribution in [0, 0.1) is 23.7 Å². The number of allylic oxidation sites excluding steroid dienone is 6. The Kier molecular flexibility index (Phi) is 11.3. The molecule has 0 N–H and O–H groups in total. The molecule has 2 atom stereocenters. The zero-order valence-electron chi connectivity index (χ0n) is 18.1. The highest BCUT2D eigenvalue weighted by Gasteiger charge is 2.30. The van der Waals surface area contributed by atoms with Crippen LogP contribution in [0.1, 0.15) is 110 Å². The van der Waals surface area contributed by atoms with E-state index in [0.29, 0.717) is 11.8 Å². The van der Waals surface area contributed by atoms with E-state index in [1.165, 1.54) is 95.5 Å². The smallest absolute Gasteiger partial charge is 0.0109 e. The highest BCUT2D eigenvalue weighted by molar-refractivity contribution is 5.46. The first kappa shape index (κ1) is 22.1. The van der Waals surface area contributed by atoms with Crippen molar-refractivity contribution >= 4 is 0 Å². The number of rotatable bonds is 13. The normalized spacial score (nSPS) is 20.7. The van der Waals surface area contributed by atoms with Gasteiger partial charge in [-0.15, -0.1) is 0 Å². The zero-order chi connectivity index (χ0) is 19.2. The van der Waals surface area contributed by atoms with E-state index in [4.69, 9.17) is 0 Å². The van der Waals surface area contributed by atoms with Crippen LogP contribution in [-0.2, 0) is 0 Å². The van der Waals surface area contributed by atoms with Gasteiger partial charge in [-0.3, -0.25) is 0 Å². The average molecular weight is 367 g/mol. The molecule has 0 heteroatoms. The zero-order valence-corrected chi connectivity index (χ0v) is 18.1. The van der Waals surface area contributed by atoms with Crippen molar-refractivity contribution in [1.82, 2.24) is 0 Å². The predicted molar refractivity (Wildman–Crippen MR) is 121 cm³/mol. The van der Waals surface area contributed by atoms with Crippen LogP contribution in [0.3, 0.4) is 0 Å². The van der Waals surface area contributed by atoms with E-state index in [1.807, 2.05) is 0 Å². The molecule has 2 rings (SSSR count). The van der Waals surface area contributed by atoms with Crippen LogP contribution in [0.15, 0.2) is 35.5 Å². The second kappa shape index (κ2) is 13.9. The van der Waals surface area contributed by atoms with Gasteiger partial charge in [-0.05, 0) is 25.7 Å². The molecule has 0 radical (unpaired) electrons. The van der Waals surface area contributed by atoms with Gasteiger partial charge in [0.2, 0.25) is 0 Å². The Morgan fingerprint density at radius 3 is 2.04 bits per heavy atom. The SMILES string of the molecule is CCCCCCCCC#CC1=C(CCCCCCCC)C2C=CC=CC1C2. The first-order chi connectivity index (χ1) is 13.4. The Balaban J connectivity index is 1.83. The summed E-state index contributed by atoms with van der Waals surface area (Å²) >= 11 is 0. The fraction of sp³-hybridized carbons (Fsp3) is 0.704. The lowest BCUT2D eigenvalue weighted by molar-refractivity contribution is 0.588. The largest absolute Gasteiger partial charge is 0.0982 e. The summed E-state index contributed by atoms with van der Waals surface area (Å²) < 4.78 is 0. The van der Waals surface area contributed by atoms with Crippen molar-refractivity contribution in [3.8, 4) is 11.8 Å². The summed E-state index contributed by atoms with van der Waals surface area (Å²) in [6.07, 6.45) is 29.4. The van der Waals surface area contributed by atoms with Crippen LogP contribution in [0.2, 0.25) is 0 Å². The Bertz CT molecular complexity index is 548. The van der Waals surface area contributed by atoms with Gasteiger partial charge in [-0.25, -0.2) is 0 Å². The molecule has 2 aliphatic carbocycles. The third-order valence-corrected chi connectivity index (χ3v) is 6.15. The Labute approximate surface area is 169 Å². The summed E-state index contributed by atoms with van der Waals surface area (Å²) in [5.74, 6) is 8.40. The molecular weight excluding hydrogens is 324 g/mol. The third kappa shape index (κ3) is 8.13. The van der Waals surface area contributed by atoms with E-state index < -0.39 is 0 Å². The molecule has 0 aromatic rings. The van der Waals surface area contributed by atoms with Crippen LogP contribution < -0.4 is 0 Å². The van der Waals surface area contributed by atoms with Crippen LogP contribution in [0.25, 0.3) is 0 Å². The maximum atomic E-state index is 3.64. The highest BCUT2D eigenvalue weighted by atomic mass is 14.3. The quantitative estimate of drug-likeness (QED) is 0.226. The summed E-state index contributed by atoms with van der Waals surface area (Å²) in [5, 5.41) is 0. The van der Waals surface area contributed by atoms with Gasteiger partial charge < -0.3 is 0 Å². The number of hydrogen-bond acceptors (Lipinski definition) is 0. The van der Waals surface area contributed by atoms with Gasteiger partial charge in [0.25, 0.3) is 0 Å². The molecule has 2 aliphatic rings. The van der Waals surface area contributed by atoms with Gasteiger partial charge in [0.15, 0.2) is 0 Å². The lowest BCUT2D eigenvalue weighted by Crippen LogP contribution is -1.96. The molecule has 2 bridgehead atoms. The predicted octanol–water partition coefficient (Wildman–Crippen LogP) is 8.55. The number of hydrogen-bond donors (Lipinski definition) is 0. The topological polar surface area (TPSA) is 0 Å². The van der Waals surface area contributed by atoms with E-state index in [1.54, 1.807) is 5.57 Å². The van der Waals surface area contributed by atoms with Crippen LogP contribution in [0.5, 0.6) is 0 Å². The van der Waals surface area contributed by atoms with Crippen molar-refractivity contribution in [3.63, 3.8) is 0 Å². The molecule has 0 saturated heterocycles. The van der Waals surface area contributed by atoms with E-state index in [2.05, 4.69) is 50.0 Å². The lowest BCUT2D eigenvalue weighted by atomic mass is 9.94. The molecule has 0 aromatic carbocycles. The van der Waals surface area contributed by atoms with E-state index >= 15 is 0 Å². The molecule has 0 nitrogen and oxygen atoms in total. The minimum absolute atomic E-state index is 0.581. The fourth-order valence-corrected chi connectivity index (χ4v) is 4.48. The highest BCUT2D eigenvalue weighted by Crippen LogP contribution is 2.42. The summed E-state index contributed by atoms with van der Waals surface area (Å²) in [7, 11) is 0. The maximum Gasteiger partial charge on any atom is 0.0109 e. The Morgan fingerprint density at radius 1 is 0.741 bits per heavy atom. The van der Waals surface area contributed by atoms with Crippen LogP contribution in [-0.4, -0.2) is 0 Å². The molecule has 0 fully saturated rings. The van der Waals surface area contributed by atoms with Gasteiger partial charge in [-0.1, -0.05) is 120 Å². The summed E-state index contributed by atoms with van der Waals surface area (Å²) in [6.45, 7) is 4.58. The Morgan fingerprint density at radius 2 is 1.33 bits per heavy atom.